The van der Waals surface area contributed by atoms with E-state index in [-0.39, 0.29) is 6.61 Å². The Morgan fingerprint density at radius 1 is 1.30 bits per heavy atom. The summed E-state index contributed by atoms with van der Waals surface area (Å²) in [7, 11) is 0. The Morgan fingerprint density at radius 2 is 2.00 bits per heavy atom. The van der Waals surface area contributed by atoms with E-state index in [1.807, 2.05) is 18.2 Å². The Balaban J connectivity index is 3.14. The first-order chi connectivity index (χ1) is 4.75. The average Bonchev–Trinajstić information content (AvgIpc) is 1.95. The molecule has 1 N–H and O–H groups in total. The highest BCUT2D eigenvalue weighted by molar-refractivity contribution is 9.13. The minimum absolute atomic E-state index is 0.0695. The highest BCUT2D eigenvalue weighted by Crippen LogP contribution is 2.26. The molecule has 0 atom stereocenters. The lowest BCUT2D eigenvalue weighted by molar-refractivity contribution is 0.281. The fourth-order valence-corrected chi connectivity index (χ4v) is 1.47. The number of halogens is 2. The Kier molecular flexibility index (Phi) is 2.89. The summed E-state index contributed by atoms with van der Waals surface area (Å²) in [6.45, 7) is 0.0695. The fourth-order valence-electron chi connectivity index (χ4n) is 0.671. The molecule has 0 unspecified atom stereocenters. The lowest BCUT2D eigenvalue weighted by atomic mass is 10.2. The molecule has 0 saturated heterocycles. The maximum atomic E-state index is 8.79. The zero-order valence-corrected chi connectivity index (χ0v) is 8.31. The molecule has 1 aromatic carbocycles. The van der Waals surface area contributed by atoms with Gasteiger partial charge in [0.2, 0.25) is 0 Å². The summed E-state index contributed by atoms with van der Waals surface area (Å²) in [5.74, 6) is 0. The van der Waals surface area contributed by atoms with Crippen LogP contribution in [0.4, 0.5) is 0 Å². The van der Waals surface area contributed by atoms with Gasteiger partial charge in [-0.1, -0.05) is 12.1 Å². The molecule has 0 radical (unpaired) electrons. The maximum Gasteiger partial charge on any atom is 0.0693 e. The van der Waals surface area contributed by atoms with Gasteiger partial charge in [-0.2, -0.15) is 0 Å². The summed E-state index contributed by atoms with van der Waals surface area (Å²) < 4.78 is 1.90. The van der Waals surface area contributed by atoms with Crippen molar-refractivity contribution in [1.82, 2.24) is 0 Å². The number of aliphatic hydroxyl groups excluding tert-OH is 1. The predicted octanol–water partition coefficient (Wildman–Crippen LogP) is 2.70. The molecular weight excluding hydrogens is 260 g/mol. The zero-order valence-electron chi connectivity index (χ0n) is 5.14. The van der Waals surface area contributed by atoms with Crippen LogP contribution >= 0.6 is 31.9 Å². The van der Waals surface area contributed by atoms with Crippen LogP contribution in [-0.4, -0.2) is 5.11 Å². The van der Waals surface area contributed by atoms with E-state index >= 15 is 0 Å². The van der Waals surface area contributed by atoms with Crippen molar-refractivity contribution < 1.29 is 5.11 Å². The molecule has 1 nitrogen and oxygen atoms in total. The largest absolute Gasteiger partial charge is 0.392 e. The third-order valence-corrected chi connectivity index (χ3v) is 3.33. The third-order valence-electron chi connectivity index (χ3n) is 1.20. The van der Waals surface area contributed by atoms with Gasteiger partial charge in [0.15, 0.2) is 0 Å². The Morgan fingerprint density at radius 3 is 2.50 bits per heavy atom. The van der Waals surface area contributed by atoms with Crippen LogP contribution in [0.5, 0.6) is 0 Å². The Hall–Kier alpha value is 0.140. The minimum atomic E-state index is 0.0695. The van der Waals surface area contributed by atoms with Gasteiger partial charge in [0, 0.05) is 8.95 Å². The van der Waals surface area contributed by atoms with Gasteiger partial charge in [-0.15, -0.1) is 0 Å². The number of rotatable bonds is 1. The highest BCUT2D eigenvalue weighted by Gasteiger charge is 1.99. The van der Waals surface area contributed by atoms with E-state index in [4.69, 9.17) is 5.11 Å². The molecule has 0 aliphatic heterocycles. The van der Waals surface area contributed by atoms with Crippen LogP contribution in [0, 0.1) is 0 Å². The van der Waals surface area contributed by atoms with Gasteiger partial charge in [-0.05, 0) is 43.5 Å². The highest BCUT2D eigenvalue weighted by atomic mass is 79.9. The Labute approximate surface area is 76.3 Å². The maximum absolute atomic E-state index is 8.79. The van der Waals surface area contributed by atoms with E-state index in [0.29, 0.717) is 0 Å². The first-order valence-corrected chi connectivity index (χ1v) is 4.38. The van der Waals surface area contributed by atoms with Gasteiger partial charge in [0.1, 0.15) is 0 Å². The van der Waals surface area contributed by atoms with Crippen molar-refractivity contribution in [2.45, 2.75) is 6.61 Å². The smallest absolute Gasteiger partial charge is 0.0693 e. The normalized spacial score (nSPS) is 9.90. The van der Waals surface area contributed by atoms with Crippen molar-refractivity contribution in [2.75, 3.05) is 0 Å². The summed E-state index contributed by atoms with van der Waals surface area (Å²) in [5.41, 5.74) is 0.898. The van der Waals surface area contributed by atoms with Gasteiger partial charge in [0.05, 0.1) is 6.61 Å². The summed E-state index contributed by atoms with van der Waals surface area (Å²) in [6, 6.07) is 5.68. The van der Waals surface area contributed by atoms with E-state index in [2.05, 4.69) is 31.9 Å². The molecule has 0 amide bonds. The average molecular weight is 266 g/mol. The molecule has 1 rings (SSSR count). The van der Waals surface area contributed by atoms with E-state index < -0.39 is 0 Å². The van der Waals surface area contributed by atoms with Gasteiger partial charge in [-0.3, -0.25) is 0 Å². The van der Waals surface area contributed by atoms with Gasteiger partial charge >= 0.3 is 0 Å². The van der Waals surface area contributed by atoms with E-state index in [1.165, 1.54) is 0 Å². The van der Waals surface area contributed by atoms with Crippen molar-refractivity contribution in [3.8, 4) is 0 Å². The van der Waals surface area contributed by atoms with E-state index in [1.54, 1.807) is 0 Å². The Bertz CT molecular complexity index is 235. The van der Waals surface area contributed by atoms with Crippen molar-refractivity contribution in [3.05, 3.63) is 32.7 Å². The second-order valence-electron chi connectivity index (χ2n) is 1.87. The SMILES string of the molecule is OCc1cccc(Br)c1Br. The molecule has 0 saturated carbocycles. The minimum Gasteiger partial charge on any atom is -0.392 e. The van der Waals surface area contributed by atoms with E-state index in [9.17, 15) is 0 Å². The molecule has 0 bridgehead atoms. The first-order valence-electron chi connectivity index (χ1n) is 2.79. The number of aliphatic hydroxyl groups is 1. The van der Waals surface area contributed by atoms with Gasteiger partial charge in [-0.25, -0.2) is 0 Å². The molecule has 0 spiro atoms. The summed E-state index contributed by atoms with van der Waals surface area (Å²) in [6.07, 6.45) is 0. The molecular formula is C7H6Br2O. The predicted molar refractivity (Wildman–Crippen MR) is 47.8 cm³/mol. The molecule has 1 aromatic rings. The first kappa shape index (κ1) is 8.24. The molecule has 0 aliphatic carbocycles. The zero-order chi connectivity index (χ0) is 7.56. The van der Waals surface area contributed by atoms with Crippen molar-refractivity contribution in [1.29, 1.82) is 0 Å². The molecule has 0 fully saturated rings. The van der Waals surface area contributed by atoms with Crippen molar-refractivity contribution in [2.24, 2.45) is 0 Å². The van der Waals surface area contributed by atoms with Crippen LogP contribution < -0.4 is 0 Å². The second kappa shape index (κ2) is 3.51. The molecule has 0 heterocycles. The summed E-state index contributed by atoms with van der Waals surface area (Å²) in [4.78, 5) is 0. The van der Waals surface area contributed by atoms with E-state index in [0.717, 1.165) is 14.5 Å². The quantitative estimate of drug-likeness (QED) is 0.828. The fraction of sp³-hybridized carbons (Fsp3) is 0.143. The number of hydrogen-bond acceptors (Lipinski definition) is 1. The number of hydrogen-bond donors (Lipinski definition) is 1. The van der Waals surface area contributed by atoms with Crippen LogP contribution in [0.2, 0.25) is 0 Å². The van der Waals surface area contributed by atoms with Gasteiger partial charge in [0.25, 0.3) is 0 Å². The molecule has 0 aromatic heterocycles. The van der Waals surface area contributed by atoms with Crippen LogP contribution in [-0.2, 0) is 6.61 Å². The summed E-state index contributed by atoms with van der Waals surface area (Å²) >= 11 is 6.66. The molecule has 10 heavy (non-hydrogen) atoms. The lowest BCUT2D eigenvalue weighted by Gasteiger charge is -2.00. The van der Waals surface area contributed by atoms with Crippen LogP contribution in [0.25, 0.3) is 0 Å². The van der Waals surface area contributed by atoms with Crippen LogP contribution in [0.15, 0.2) is 27.1 Å². The summed E-state index contributed by atoms with van der Waals surface area (Å²) in [5, 5.41) is 8.79. The van der Waals surface area contributed by atoms with Gasteiger partial charge < -0.3 is 5.11 Å². The molecule has 54 valence electrons. The topological polar surface area (TPSA) is 20.2 Å². The van der Waals surface area contributed by atoms with Crippen LogP contribution in [0.3, 0.4) is 0 Å². The standard InChI is InChI=1S/C7H6Br2O/c8-6-3-1-2-5(4-10)7(6)9/h1-3,10H,4H2. The van der Waals surface area contributed by atoms with Crippen molar-refractivity contribution >= 4 is 31.9 Å². The monoisotopic (exact) mass is 264 g/mol. The second-order valence-corrected chi connectivity index (χ2v) is 3.52. The lowest BCUT2D eigenvalue weighted by Crippen LogP contribution is -1.84. The molecule has 3 heteroatoms. The molecule has 0 aliphatic rings. The number of benzene rings is 1. The van der Waals surface area contributed by atoms with Crippen LogP contribution in [0.1, 0.15) is 5.56 Å². The van der Waals surface area contributed by atoms with Crippen molar-refractivity contribution in [3.63, 3.8) is 0 Å². The third kappa shape index (κ3) is 1.59.